The van der Waals surface area contributed by atoms with Crippen LogP contribution in [0.5, 0.6) is 0 Å². The molecule has 4 aliphatic heterocycles. The Morgan fingerprint density at radius 3 is 0.639 bits per heavy atom. The number of hydrogen-bond donors (Lipinski definition) is 0. The smallest absolute Gasteiger partial charge is 0.363 e. The van der Waals surface area contributed by atoms with Gasteiger partial charge in [0, 0.05) is 154 Å². The van der Waals surface area contributed by atoms with E-state index in [1.807, 2.05) is 279 Å². The van der Waals surface area contributed by atoms with Crippen LogP contribution in [0.2, 0.25) is 0 Å². The molecule has 122 heavy (non-hydrogen) atoms. The van der Waals surface area contributed by atoms with Crippen LogP contribution in [0.3, 0.4) is 0 Å². The molecule has 16 bridgehead atoms. The molecule has 0 amide bonds. The van der Waals surface area contributed by atoms with Gasteiger partial charge >= 0.3 is 39.0 Å². The van der Waals surface area contributed by atoms with Crippen LogP contribution in [0.1, 0.15) is 48.9 Å². The van der Waals surface area contributed by atoms with Gasteiger partial charge in [-0.05, 0) is 175 Å². The maximum atomic E-state index is 5.25. The Labute approximate surface area is 727 Å². The van der Waals surface area contributed by atoms with Crippen molar-refractivity contribution in [1.82, 2.24) is 59.8 Å². The van der Waals surface area contributed by atoms with E-state index in [1.54, 1.807) is 99.1 Å². The summed E-state index contributed by atoms with van der Waals surface area (Å²) in [5.74, 6) is 1.22. The Morgan fingerprint density at radius 2 is 0.418 bits per heavy atom. The normalized spacial score (nSPS) is 14.5. The van der Waals surface area contributed by atoms with E-state index < -0.39 is 11.3 Å². The molecule has 4 aliphatic rings. The fraction of sp³-hybridized carbons (Fsp3) is 0.0612. The molecule has 24 heteroatoms. The van der Waals surface area contributed by atoms with Crippen LogP contribution in [0.15, 0.2) is 452 Å². The first-order valence-electron chi connectivity index (χ1n) is 38.8. The van der Waals surface area contributed by atoms with Gasteiger partial charge in [-0.1, -0.05) is 232 Å². The van der Waals surface area contributed by atoms with Crippen LogP contribution in [-0.4, -0.2) is 51.5 Å². The average Bonchev–Trinajstić information content (AvgIpc) is 1.59. The van der Waals surface area contributed by atoms with Crippen molar-refractivity contribution < 1.29 is 39.0 Å². The standard InChI is InChI=1S/2C32H21N7.6C5H5N.C4H4N2.2Zn/c2*1-2-32-26-17-8-7-16-25(26)31(39-32)37-29-22-13-4-3-12-21(22)27(35-29)33-19-10-9-11-20(18-19)34-28-23-14-5-6-15-24(23)30(36-28)38-32;6*1-2-4-6-5-3-1;1-2-6-4-3-5-1;;/h2*3-18H,2H2,1H3;6*1-5H;1-4H;;/q2*-2;;;;;;;;2*+2/t2*32-;;;;;;;;;/m10........./s1. The molecule has 582 valence electrons. The Balaban J connectivity index is 0.000000141. The molecule has 0 saturated heterocycles. The second-order valence-electron chi connectivity index (χ2n) is 26.5. The molecule has 0 saturated carbocycles. The van der Waals surface area contributed by atoms with Crippen LogP contribution in [0.25, 0.3) is 43.1 Å². The predicted molar refractivity (Wildman–Crippen MR) is 467 cm³/mol. The van der Waals surface area contributed by atoms with Gasteiger partial charge in [0.05, 0.1) is 11.7 Å². The minimum Gasteiger partial charge on any atom is -0.363 e. The van der Waals surface area contributed by atoms with Crippen LogP contribution in [-0.2, 0) is 50.3 Å². The van der Waals surface area contributed by atoms with E-state index in [4.69, 9.17) is 69.9 Å². The largest absolute Gasteiger partial charge is 2.00 e. The number of benzene rings is 8. The monoisotopic (exact) mass is 1690 g/mol. The molecule has 19 aromatic rings. The molecule has 22 nitrogen and oxygen atoms in total. The molecule has 23 rings (SSSR count). The summed E-state index contributed by atoms with van der Waals surface area (Å²) in [6.07, 6.45) is 28.9. The van der Waals surface area contributed by atoms with Gasteiger partial charge in [-0.2, -0.15) is 0 Å². The molecule has 0 unspecified atom stereocenters. The number of aliphatic imine (C=N–C) groups is 2. The summed E-state index contributed by atoms with van der Waals surface area (Å²) in [7, 11) is 0. The zero-order chi connectivity index (χ0) is 81.7. The Bertz CT molecular complexity index is 6360. The van der Waals surface area contributed by atoms with Crippen molar-refractivity contribution in [3.63, 3.8) is 0 Å². The van der Waals surface area contributed by atoms with Crippen molar-refractivity contribution in [2.75, 3.05) is 0 Å². The fourth-order valence-electron chi connectivity index (χ4n) is 13.2. The maximum Gasteiger partial charge on any atom is 2.00 e. The quantitative estimate of drug-likeness (QED) is 0.146. The van der Waals surface area contributed by atoms with Crippen LogP contribution in [0.4, 0.5) is 22.7 Å². The second kappa shape index (κ2) is 42.8. The van der Waals surface area contributed by atoms with E-state index in [-0.39, 0.29) is 39.0 Å². The SMILES string of the molecule is CC[C@@]12N=C(N=c3[n-]c(c4ccccc34)=Nc3cccc(c3)N=c3[n-]/c(c4ccccc34)=N\1)c1ccccc12.CC[C@]12N=C(N=c3[n-]c(c4ccccc34)=Nc3cccc(c3)N=c3[n-]/c(c4ccccc34)=N\1)c1ccccc12.[Zn+2].[Zn+2].c1ccncc1.c1ccncc1.c1ccncc1.c1ccncc1.c1ccncc1.c1ccncc1.c1cnccn1. The van der Waals surface area contributed by atoms with Gasteiger partial charge in [-0.15, -0.1) is 0 Å². The molecule has 0 fully saturated rings. The Hall–Kier alpha value is -15.1. The van der Waals surface area contributed by atoms with E-state index in [0.717, 1.165) is 88.1 Å². The molecular formula is C98H76N22Zn2. The summed E-state index contributed by atoms with van der Waals surface area (Å²) in [5.41, 5.74) is 10.2. The third kappa shape index (κ3) is 21.2. The van der Waals surface area contributed by atoms with E-state index in [2.05, 4.69) is 78.0 Å². The number of aromatic nitrogens is 12. The van der Waals surface area contributed by atoms with Crippen molar-refractivity contribution in [1.29, 1.82) is 0 Å². The fourth-order valence-corrected chi connectivity index (χ4v) is 13.2. The number of fused-ring (bicyclic) bond motifs is 32. The Kier molecular flexibility index (Phi) is 29.8. The van der Waals surface area contributed by atoms with Crippen molar-refractivity contribution in [3.05, 3.63) is 469 Å². The van der Waals surface area contributed by atoms with Gasteiger partial charge in [-0.25, -0.2) is 0 Å². The molecule has 2 atom stereocenters. The summed E-state index contributed by atoms with van der Waals surface area (Å²) in [6, 6.07) is 98.5. The molecular weight excluding hydrogens is 1620 g/mol. The van der Waals surface area contributed by atoms with Crippen molar-refractivity contribution in [3.8, 4) is 0 Å². The van der Waals surface area contributed by atoms with Gasteiger partial charge in [0.2, 0.25) is 0 Å². The third-order valence-electron chi connectivity index (χ3n) is 18.7. The van der Waals surface area contributed by atoms with E-state index in [0.29, 0.717) is 68.4 Å². The molecule has 0 N–H and O–H groups in total. The van der Waals surface area contributed by atoms with Crippen molar-refractivity contribution >= 4 is 77.5 Å². The van der Waals surface area contributed by atoms with Gasteiger partial charge in [0.1, 0.15) is 11.3 Å². The summed E-state index contributed by atoms with van der Waals surface area (Å²) >= 11 is 0. The van der Waals surface area contributed by atoms with E-state index >= 15 is 0 Å². The first-order valence-corrected chi connectivity index (χ1v) is 38.8. The van der Waals surface area contributed by atoms with E-state index in [1.165, 1.54) is 0 Å². The molecule has 8 aromatic carbocycles. The molecule has 15 heterocycles. The molecule has 0 aliphatic carbocycles. The van der Waals surface area contributed by atoms with Gasteiger partial charge in [0.25, 0.3) is 0 Å². The zero-order valence-electron chi connectivity index (χ0n) is 66.8. The van der Waals surface area contributed by atoms with Crippen LogP contribution < -0.4 is 63.8 Å². The minimum absolute atomic E-state index is 0. The average molecular weight is 1690 g/mol. The summed E-state index contributed by atoms with van der Waals surface area (Å²) in [5, 5.41) is 7.52. The number of pyridine rings is 6. The topological polar surface area (TPSA) is 283 Å². The van der Waals surface area contributed by atoms with Crippen LogP contribution >= 0.6 is 0 Å². The minimum atomic E-state index is -0.858. The second-order valence-corrected chi connectivity index (χ2v) is 26.5. The molecule has 0 spiro atoms. The number of rotatable bonds is 2. The number of nitrogens with zero attached hydrogens (tertiary/aromatic N) is 22. The predicted octanol–water partition coefficient (Wildman–Crippen LogP) is 15.1. The number of amidine groups is 2. The van der Waals surface area contributed by atoms with Gasteiger partial charge in [0.15, 0.2) is 0 Å². The van der Waals surface area contributed by atoms with E-state index in [9.17, 15) is 0 Å². The van der Waals surface area contributed by atoms with Gasteiger partial charge < -0.3 is 59.9 Å². The van der Waals surface area contributed by atoms with Gasteiger partial charge in [-0.3, -0.25) is 49.9 Å². The first-order chi connectivity index (χ1) is 59.4. The Morgan fingerprint density at radius 1 is 0.205 bits per heavy atom. The molecule has 0 radical (unpaired) electrons. The number of hydrogen-bond acceptors (Lipinski definition) is 18. The summed E-state index contributed by atoms with van der Waals surface area (Å²) in [4.78, 5) is 100. The maximum absolute atomic E-state index is 5.25. The summed E-state index contributed by atoms with van der Waals surface area (Å²) in [6.45, 7) is 4.19. The zero-order valence-corrected chi connectivity index (χ0v) is 72.7. The molecule has 11 aromatic heterocycles. The third-order valence-corrected chi connectivity index (χ3v) is 18.7. The summed E-state index contributed by atoms with van der Waals surface area (Å²) < 4.78 is 0. The van der Waals surface area contributed by atoms with Crippen molar-refractivity contribution in [2.45, 2.75) is 38.0 Å². The first kappa shape index (κ1) is 84.8. The van der Waals surface area contributed by atoms with Crippen LogP contribution in [0, 0.1) is 0 Å². The van der Waals surface area contributed by atoms with Crippen molar-refractivity contribution in [2.24, 2.45) is 49.9 Å².